The first-order valence-corrected chi connectivity index (χ1v) is 10.6. The van der Waals surface area contributed by atoms with Gasteiger partial charge in [-0.05, 0) is 87.3 Å². The lowest BCUT2D eigenvalue weighted by molar-refractivity contribution is -0.00770. The SMILES string of the molecule is Cc1c(Cl)cccc1-n1nc(C23CC4CC(CC(C4)C2)C3)c2c1NCC2. The van der Waals surface area contributed by atoms with Crippen molar-refractivity contribution in [3.63, 3.8) is 0 Å². The molecule has 2 heterocycles. The van der Waals surface area contributed by atoms with Crippen molar-refractivity contribution in [2.75, 3.05) is 11.9 Å². The zero-order valence-electron chi connectivity index (χ0n) is 15.4. The van der Waals surface area contributed by atoms with Crippen molar-refractivity contribution in [3.8, 4) is 5.69 Å². The van der Waals surface area contributed by atoms with E-state index in [1.165, 1.54) is 55.6 Å². The summed E-state index contributed by atoms with van der Waals surface area (Å²) in [5.41, 5.74) is 5.51. The average Bonchev–Trinajstić information content (AvgIpc) is 3.19. The quantitative estimate of drug-likeness (QED) is 0.783. The summed E-state index contributed by atoms with van der Waals surface area (Å²) in [5, 5.41) is 9.73. The van der Waals surface area contributed by atoms with E-state index in [1.807, 2.05) is 12.1 Å². The molecule has 4 aliphatic carbocycles. The fraction of sp³-hybridized carbons (Fsp3) is 0.591. The minimum Gasteiger partial charge on any atom is -0.369 e. The Morgan fingerprint density at radius 1 is 1.12 bits per heavy atom. The summed E-state index contributed by atoms with van der Waals surface area (Å²) in [7, 11) is 0. The molecule has 4 fully saturated rings. The third-order valence-electron chi connectivity index (χ3n) is 7.66. The predicted octanol–water partition coefficient (Wildman–Crippen LogP) is 5.27. The van der Waals surface area contributed by atoms with Gasteiger partial charge in [0.15, 0.2) is 0 Å². The first kappa shape index (κ1) is 15.6. The van der Waals surface area contributed by atoms with Crippen molar-refractivity contribution in [3.05, 3.63) is 40.0 Å². The molecule has 1 N–H and O–H groups in total. The van der Waals surface area contributed by atoms with E-state index in [4.69, 9.17) is 16.7 Å². The highest BCUT2D eigenvalue weighted by atomic mass is 35.5. The zero-order valence-corrected chi connectivity index (χ0v) is 16.1. The molecule has 136 valence electrons. The predicted molar refractivity (Wildman–Crippen MR) is 105 cm³/mol. The molecule has 0 saturated heterocycles. The van der Waals surface area contributed by atoms with Crippen molar-refractivity contribution < 1.29 is 0 Å². The van der Waals surface area contributed by atoms with Gasteiger partial charge in [0.2, 0.25) is 0 Å². The second-order valence-electron chi connectivity index (χ2n) is 9.35. The molecule has 1 aliphatic heterocycles. The maximum absolute atomic E-state index is 6.42. The fourth-order valence-electron chi connectivity index (χ4n) is 7.00. The number of halogens is 1. The highest BCUT2D eigenvalue weighted by Gasteiger charge is 2.54. The third kappa shape index (κ3) is 2.04. The van der Waals surface area contributed by atoms with Gasteiger partial charge in [-0.2, -0.15) is 5.10 Å². The van der Waals surface area contributed by atoms with E-state index in [2.05, 4.69) is 23.0 Å². The van der Waals surface area contributed by atoms with Crippen LogP contribution >= 0.6 is 11.6 Å². The standard InChI is InChI=1S/C22H26ClN3/c1-13-18(23)3-2-4-19(13)26-21-17(5-6-24-21)20(25-26)22-10-14-7-15(11-22)9-16(8-14)12-22/h2-4,14-16,24H,5-12H2,1H3. The van der Waals surface area contributed by atoms with Crippen LogP contribution in [-0.4, -0.2) is 16.3 Å². The minimum absolute atomic E-state index is 0.350. The fourth-order valence-corrected chi connectivity index (χ4v) is 7.17. The molecule has 0 atom stereocenters. The molecule has 5 aliphatic rings. The minimum atomic E-state index is 0.350. The van der Waals surface area contributed by atoms with Crippen molar-refractivity contribution in [1.82, 2.24) is 9.78 Å². The molecule has 0 spiro atoms. The Balaban J connectivity index is 1.52. The number of anilines is 1. The van der Waals surface area contributed by atoms with Gasteiger partial charge in [-0.25, -0.2) is 4.68 Å². The van der Waals surface area contributed by atoms with Gasteiger partial charge in [-0.3, -0.25) is 0 Å². The Hall–Kier alpha value is -1.48. The molecule has 0 amide bonds. The van der Waals surface area contributed by atoms with Crippen molar-refractivity contribution in [1.29, 1.82) is 0 Å². The number of hydrogen-bond acceptors (Lipinski definition) is 2. The van der Waals surface area contributed by atoms with E-state index < -0.39 is 0 Å². The van der Waals surface area contributed by atoms with Crippen LogP contribution in [0.15, 0.2) is 18.2 Å². The number of nitrogens with zero attached hydrogens (tertiary/aromatic N) is 2. The topological polar surface area (TPSA) is 29.9 Å². The summed E-state index contributed by atoms with van der Waals surface area (Å²) in [6, 6.07) is 6.16. The Morgan fingerprint density at radius 2 is 1.81 bits per heavy atom. The van der Waals surface area contributed by atoms with Gasteiger partial charge in [0, 0.05) is 22.5 Å². The molecule has 0 radical (unpaired) electrons. The van der Waals surface area contributed by atoms with E-state index in [-0.39, 0.29) is 0 Å². The van der Waals surface area contributed by atoms with Gasteiger partial charge in [0.05, 0.1) is 11.4 Å². The molecule has 4 bridgehead atoms. The van der Waals surface area contributed by atoms with Crippen LogP contribution in [-0.2, 0) is 11.8 Å². The number of fused-ring (bicyclic) bond motifs is 1. The second-order valence-corrected chi connectivity index (χ2v) is 9.75. The Labute approximate surface area is 160 Å². The number of aromatic nitrogens is 2. The van der Waals surface area contributed by atoms with Gasteiger partial charge in [-0.1, -0.05) is 17.7 Å². The Morgan fingerprint density at radius 3 is 2.50 bits per heavy atom. The van der Waals surface area contributed by atoms with Crippen LogP contribution < -0.4 is 5.32 Å². The van der Waals surface area contributed by atoms with E-state index in [9.17, 15) is 0 Å². The monoisotopic (exact) mass is 367 g/mol. The molecule has 26 heavy (non-hydrogen) atoms. The van der Waals surface area contributed by atoms with Gasteiger partial charge in [-0.15, -0.1) is 0 Å². The summed E-state index contributed by atoms with van der Waals surface area (Å²) in [6.45, 7) is 3.14. The molecule has 1 aromatic carbocycles. The van der Waals surface area contributed by atoms with Crippen LogP contribution in [0.3, 0.4) is 0 Å². The van der Waals surface area contributed by atoms with Crippen LogP contribution in [0.1, 0.15) is 55.3 Å². The maximum atomic E-state index is 6.42. The molecule has 7 rings (SSSR count). The van der Waals surface area contributed by atoms with Crippen molar-refractivity contribution in [2.45, 2.75) is 57.3 Å². The van der Waals surface area contributed by atoms with Crippen LogP contribution in [0, 0.1) is 24.7 Å². The summed E-state index contributed by atoms with van der Waals surface area (Å²) < 4.78 is 2.16. The van der Waals surface area contributed by atoms with E-state index in [1.54, 1.807) is 0 Å². The zero-order chi connectivity index (χ0) is 17.5. The molecule has 2 aromatic rings. The molecule has 1 aromatic heterocycles. The largest absolute Gasteiger partial charge is 0.369 e. The van der Waals surface area contributed by atoms with Gasteiger partial charge < -0.3 is 5.32 Å². The van der Waals surface area contributed by atoms with E-state index in [0.29, 0.717) is 5.41 Å². The molecular formula is C22H26ClN3. The number of nitrogens with one attached hydrogen (secondary N) is 1. The lowest BCUT2D eigenvalue weighted by atomic mass is 9.48. The first-order chi connectivity index (χ1) is 12.6. The number of rotatable bonds is 2. The van der Waals surface area contributed by atoms with Crippen LogP contribution in [0.5, 0.6) is 0 Å². The van der Waals surface area contributed by atoms with Crippen LogP contribution in [0.2, 0.25) is 5.02 Å². The van der Waals surface area contributed by atoms with Gasteiger partial charge >= 0.3 is 0 Å². The molecule has 0 unspecified atom stereocenters. The lowest BCUT2D eigenvalue weighted by Gasteiger charge is -2.56. The number of hydrogen-bond donors (Lipinski definition) is 1. The summed E-state index contributed by atoms with van der Waals surface area (Å²) >= 11 is 6.42. The molecular weight excluding hydrogens is 342 g/mol. The smallest absolute Gasteiger partial charge is 0.133 e. The summed E-state index contributed by atoms with van der Waals surface area (Å²) in [5.74, 6) is 4.07. The van der Waals surface area contributed by atoms with Crippen LogP contribution in [0.25, 0.3) is 5.69 Å². The van der Waals surface area contributed by atoms with Crippen molar-refractivity contribution >= 4 is 17.4 Å². The Bertz CT molecular complexity index is 862. The summed E-state index contributed by atoms with van der Waals surface area (Å²) in [4.78, 5) is 0. The van der Waals surface area contributed by atoms with Crippen LogP contribution in [0.4, 0.5) is 5.82 Å². The Kier molecular flexibility index (Phi) is 3.16. The van der Waals surface area contributed by atoms with Crippen molar-refractivity contribution in [2.24, 2.45) is 17.8 Å². The second kappa shape index (κ2) is 5.28. The normalized spacial score (nSPS) is 34.2. The van der Waals surface area contributed by atoms with Gasteiger partial charge in [0.1, 0.15) is 5.82 Å². The first-order valence-electron chi connectivity index (χ1n) is 10.2. The lowest BCUT2D eigenvalue weighted by Crippen LogP contribution is -2.49. The van der Waals surface area contributed by atoms with Gasteiger partial charge in [0.25, 0.3) is 0 Å². The molecule has 4 heteroatoms. The molecule has 4 saturated carbocycles. The average molecular weight is 368 g/mol. The molecule has 3 nitrogen and oxygen atoms in total. The number of benzene rings is 1. The third-order valence-corrected chi connectivity index (χ3v) is 8.07. The van der Waals surface area contributed by atoms with E-state index in [0.717, 1.165) is 47.0 Å². The van der Waals surface area contributed by atoms with E-state index >= 15 is 0 Å². The highest BCUT2D eigenvalue weighted by Crippen LogP contribution is 2.61. The maximum Gasteiger partial charge on any atom is 0.133 e. The summed E-state index contributed by atoms with van der Waals surface area (Å²) in [6.07, 6.45) is 9.67. The highest BCUT2D eigenvalue weighted by molar-refractivity contribution is 6.31.